The lowest BCUT2D eigenvalue weighted by Gasteiger charge is -2.06. The lowest BCUT2D eigenvalue weighted by molar-refractivity contribution is -0.139. The number of rotatable bonds is 2. The second-order valence-electron chi connectivity index (χ2n) is 3.54. The van der Waals surface area contributed by atoms with E-state index >= 15 is 0 Å². The van der Waals surface area contributed by atoms with Crippen molar-refractivity contribution >= 4 is 5.97 Å². The van der Waals surface area contributed by atoms with Gasteiger partial charge in [-0.05, 0) is 23.1 Å². The van der Waals surface area contributed by atoms with Crippen LogP contribution in [-0.4, -0.2) is 11.1 Å². The Kier molecular flexibility index (Phi) is 2.25. The largest absolute Gasteiger partial charge is 0.480 e. The lowest BCUT2D eigenvalue weighted by Crippen LogP contribution is -2.21. The maximum absolute atomic E-state index is 10.9. The summed E-state index contributed by atoms with van der Waals surface area (Å²) in [5.74, 6) is -0.798. The van der Waals surface area contributed by atoms with Crippen LogP contribution in [0.5, 0.6) is 0 Å². The van der Waals surface area contributed by atoms with Crippen LogP contribution in [0.3, 0.4) is 0 Å². The molecule has 1 unspecified atom stereocenters. The Morgan fingerprint density at radius 2 is 2.43 bits per heavy atom. The van der Waals surface area contributed by atoms with Gasteiger partial charge in [0.15, 0.2) is 0 Å². The summed E-state index contributed by atoms with van der Waals surface area (Å²) < 4.78 is 0. The molecule has 1 aromatic rings. The van der Waals surface area contributed by atoms with Crippen molar-refractivity contribution < 1.29 is 9.90 Å². The molecule has 0 amide bonds. The number of carboxylic acid groups (broad SMARTS) is 1. The zero-order valence-electron chi connectivity index (χ0n) is 8.08. The van der Waals surface area contributed by atoms with Gasteiger partial charge in [0.2, 0.25) is 0 Å². The first-order valence-electron chi connectivity index (χ1n) is 4.80. The van der Waals surface area contributed by atoms with Crippen molar-refractivity contribution in [2.75, 3.05) is 0 Å². The molecule has 74 valence electrons. The zero-order valence-corrected chi connectivity index (χ0v) is 8.08. The van der Waals surface area contributed by atoms with Gasteiger partial charge in [-0.15, -0.1) is 0 Å². The Labute approximate surface area is 82.8 Å². The second kappa shape index (κ2) is 3.42. The molecule has 0 saturated heterocycles. The fourth-order valence-corrected chi connectivity index (χ4v) is 1.86. The van der Waals surface area contributed by atoms with E-state index in [1.165, 1.54) is 5.56 Å². The third-order valence-electron chi connectivity index (χ3n) is 2.67. The minimum atomic E-state index is -0.798. The summed E-state index contributed by atoms with van der Waals surface area (Å²) >= 11 is 0. The highest BCUT2D eigenvalue weighted by Crippen LogP contribution is 2.26. The standard InChI is InChI=1S/C11H13NO2/c1-2-7-3-4-9-8(5-7)6-12-10(9)11(13)14/h3-5,10,12H,2,6H2,1H3,(H,13,14). The van der Waals surface area contributed by atoms with Crippen LogP contribution in [0.1, 0.15) is 29.7 Å². The van der Waals surface area contributed by atoms with E-state index in [0.29, 0.717) is 6.54 Å². The van der Waals surface area contributed by atoms with E-state index in [1.54, 1.807) is 0 Å². The Bertz CT molecular complexity index is 374. The molecule has 1 aromatic carbocycles. The van der Waals surface area contributed by atoms with Gasteiger partial charge in [0.25, 0.3) is 0 Å². The maximum Gasteiger partial charge on any atom is 0.325 e. The van der Waals surface area contributed by atoms with Crippen molar-refractivity contribution in [1.82, 2.24) is 5.32 Å². The molecule has 1 aliphatic heterocycles. The van der Waals surface area contributed by atoms with E-state index < -0.39 is 12.0 Å². The van der Waals surface area contributed by atoms with E-state index in [0.717, 1.165) is 17.5 Å². The number of hydrogen-bond acceptors (Lipinski definition) is 2. The van der Waals surface area contributed by atoms with Crippen LogP contribution in [0, 0.1) is 0 Å². The summed E-state index contributed by atoms with van der Waals surface area (Å²) in [6.45, 7) is 2.76. The molecule has 1 aliphatic rings. The summed E-state index contributed by atoms with van der Waals surface area (Å²) in [6.07, 6.45) is 0.991. The van der Waals surface area contributed by atoms with Gasteiger partial charge in [0, 0.05) is 6.54 Å². The first kappa shape index (κ1) is 9.21. The van der Waals surface area contributed by atoms with Crippen molar-refractivity contribution in [2.45, 2.75) is 25.9 Å². The van der Waals surface area contributed by atoms with Gasteiger partial charge >= 0.3 is 5.97 Å². The van der Waals surface area contributed by atoms with Gasteiger partial charge in [0.05, 0.1) is 0 Å². The number of nitrogens with one attached hydrogen (secondary N) is 1. The molecule has 2 rings (SSSR count). The van der Waals surface area contributed by atoms with Crippen molar-refractivity contribution in [3.63, 3.8) is 0 Å². The second-order valence-corrected chi connectivity index (χ2v) is 3.54. The normalized spacial score (nSPS) is 19.4. The highest BCUT2D eigenvalue weighted by molar-refractivity contribution is 5.77. The highest BCUT2D eigenvalue weighted by atomic mass is 16.4. The van der Waals surface area contributed by atoms with E-state index in [-0.39, 0.29) is 0 Å². The summed E-state index contributed by atoms with van der Waals surface area (Å²) in [6, 6.07) is 5.50. The predicted octanol–water partition coefficient (Wildman–Crippen LogP) is 1.48. The van der Waals surface area contributed by atoms with Crippen molar-refractivity contribution in [3.8, 4) is 0 Å². The van der Waals surface area contributed by atoms with Crippen LogP contribution >= 0.6 is 0 Å². The van der Waals surface area contributed by atoms with Gasteiger partial charge in [0.1, 0.15) is 6.04 Å². The number of hydrogen-bond donors (Lipinski definition) is 2. The van der Waals surface area contributed by atoms with Gasteiger partial charge < -0.3 is 5.11 Å². The van der Waals surface area contributed by atoms with Crippen molar-refractivity contribution in [2.24, 2.45) is 0 Å². The molecule has 3 heteroatoms. The van der Waals surface area contributed by atoms with Crippen LogP contribution in [0.2, 0.25) is 0 Å². The summed E-state index contributed by atoms with van der Waals surface area (Å²) in [4.78, 5) is 10.9. The van der Waals surface area contributed by atoms with E-state index in [1.807, 2.05) is 12.1 Å². The SMILES string of the molecule is CCc1ccc2c(c1)CNC2C(=O)O. The molecule has 0 bridgehead atoms. The minimum absolute atomic E-state index is 0.518. The molecule has 1 heterocycles. The maximum atomic E-state index is 10.9. The van der Waals surface area contributed by atoms with E-state index in [4.69, 9.17) is 5.11 Å². The molecule has 0 aromatic heterocycles. The quantitative estimate of drug-likeness (QED) is 0.744. The summed E-state index contributed by atoms with van der Waals surface area (Å²) in [5.41, 5.74) is 3.29. The van der Waals surface area contributed by atoms with Crippen molar-refractivity contribution in [1.29, 1.82) is 0 Å². The van der Waals surface area contributed by atoms with E-state index in [2.05, 4.69) is 18.3 Å². The van der Waals surface area contributed by atoms with Gasteiger partial charge in [-0.3, -0.25) is 10.1 Å². The third kappa shape index (κ3) is 1.40. The lowest BCUT2D eigenvalue weighted by atomic mass is 10.0. The molecule has 0 radical (unpaired) electrons. The average Bonchev–Trinajstić information content (AvgIpc) is 2.59. The summed E-state index contributed by atoms with van der Waals surface area (Å²) in [7, 11) is 0. The van der Waals surface area contributed by atoms with Crippen molar-refractivity contribution in [3.05, 3.63) is 34.9 Å². The van der Waals surface area contributed by atoms with Gasteiger partial charge in [-0.1, -0.05) is 25.1 Å². The molecule has 0 aliphatic carbocycles. The molecule has 2 N–H and O–H groups in total. The fourth-order valence-electron chi connectivity index (χ4n) is 1.86. The van der Waals surface area contributed by atoms with Crippen LogP contribution in [-0.2, 0) is 17.8 Å². The minimum Gasteiger partial charge on any atom is -0.480 e. The predicted molar refractivity (Wildman–Crippen MR) is 53.0 cm³/mol. The van der Waals surface area contributed by atoms with Gasteiger partial charge in [-0.2, -0.15) is 0 Å². The van der Waals surface area contributed by atoms with Crippen LogP contribution in [0.15, 0.2) is 18.2 Å². The number of aliphatic carboxylic acids is 1. The first-order chi connectivity index (χ1) is 6.72. The van der Waals surface area contributed by atoms with E-state index in [9.17, 15) is 4.79 Å². The Morgan fingerprint density at radius 1 is 1.64 bits per heavy atom. The number of carbonyl (C=O) groups is 1. The molecular formula is C11H13NO2. The zero-order chi connectivity index (χ0) is 10.1. The molecule has 1 atom stereocenters. The number of carboxylic acids is 1. The Morgan fingerprint density at radius 3 is 3.07 bits per heavy atom. The fraction of sp³-hybridized carbons (Fsp3) is 0.364. The third-order valence-corrected chi connectivity index (χ3v) is 2.67. The van der Waals surface area contributed by atoms with Crippen LogP contribution in [0.25, 0.3) is 0 Å². The number of aryl methyl sites for hydroxylation is 1. The average molecular weight is 191 g/mol. The molecule has 0 fully saturated rings. The molecular weight excluding hydrogens is 178 g/mol. The van der Waals surface area contributed by atoms with Crippen LogP contribution < -0.4 is 5.32 Å². The number of fused-ring (bicyclic) bond motifs is 1. The Balaban J connectivity index is 2.38. The smallest absolute Gasteiger partial charge is 0.325 e. The summed E-state index contributed by atoms with van der Waals surface area (Å²) in [5, 5.41) is 11.9. The Hall–Kier alpha value is -1.35. The first-order valence-corrected chi connectivity index (χ1v) is 4.80. The topological polar surface area (TPSA) is 49.3 Å². The monoisotopic (exact) mass is 191 g/mol. The number of benzene rings is 1. The molecule has 0 saturated carbocycles. The molecule has 3 nitrogen and oxygen atoms in total. The molecule has 14 heavy (non-hydrogen) atoms. The molecule has 0 spiro atoms. The highest BCUT2D eigenvalue weighted by Gasteiger charge is 2.27. The van der Waals surface area contributed by atoms with Crippen LogP contribution in [0.4, 0.5) is 0 Å². The van der Waals surface area contributed by atoms with Gasteiger partial charge in [-0.25, -0.2) is 0 Å².